The van der Waals surface area contributed by atoms with Gasteiger partial charge in [-0.1, -0.05) is 88.0 Å². The van der Waals surface area contributed by atoms with E-state index in [0.29, 0.717) is 11.2 Å². The number of rotatable bonds is 5. The Morgan fingerprint density at radius 1 is 0.853 bits per heavy atom. The summed E-state index contributed by atoms with van der Waals surface area (Å²) in [7, 11) is 0. The summed E-state index contributed by atoms with van der Waals surface area (Å²) in [5.41, 5.74) is 5.42. The molecule has 0 unspecified atom stereocenters. The van der Waals surface area contributed by atoms with E-state index in [4.69, 9.17) is 0 Å². The largest absolute Gasteiger partial charge is 0.268 e. The Bertz CT molecular complexity index is 1520. The van der Waals surface area contributed by atoms with E-state index >= 15 is 0 Å². The van der Waals surface area contributed by atoms with Gasteiger partial charge in [0.15, 0.2) is 5.16 Å². The van der Waals surface area contributed by atoms with Gasteiger partial charge in [0.25, 0.3) is 5.56 Å². The minimum absolute atomic E-state index is 0.0888. The summed E-state index contributed by atoms with van der Waals surface area (Å²) in [6.45, 7) is 8.78. The molecule has 0 amide bonds. The van der Waals surface area contributed by atoms with Crippen LogP contribution >= 0.6 is 11.8 Å². The summed E-state index contributed by atoms with van der Waals surface area (Å²) < 4.78 is 3.66. The van der Waals surface area contributed by atoms with Crippen LogP contribution in [0.15, 0.2) is 82.7 Å². The third-order valence-corrected chi connectivity index (χ3v) is 7.19. The number of benzene rings is 3. The van der Waals surface area contributed by atoms with Crippen LogP contribution in [0.3, 0.4) is 0 Å². The van der Waals surface area contributed by atoms with Crippen molar-refractivity contribution in [1.82, 2.24) is 19.2 Å². The van der Waals surface area contributed by atoms with Gasteiger partial charge in [0.1, 0.15) is 0 Å². The van der Waals surface area contributed by atoms with Gasteiger partial charge in [-0.2, -0.15) is 0 Å². The van der Waals surface area contributed by atoms with Crippen LogP contribution in [0.25, 0.3) is 22.4 Å². The fourth-order valence-corrected chi connectivity index (χ4v) is 5.03. The summed E-state index contributed by atoms with van der Waals surface area (Å²) in [5, 5.41) is 10.4. The Morgan fingerprint density at radius 2 is 1.53 bits per heavy atom. The summed E-state index contributed by atoms with van der Waals surface area (Å²) in [6, 6.07) is 24.5. The van der Waals surface area contributed by atoms with E-state index in [1.54, 1.807) is 16.3 Å². The number of fused-ring (bicyclic) bond motifs is 3. The van der Waals surface area contributed by atoms with Crippen LogP contribution in [0.1, 0.15) is 44.4 Å². The topological polar surface area (TPSA) is 52.2 Å². The van der Waals surface area contributed by atoms with Crippen molar-refractivity contribution in [3.05, 3.63) is 99.8 Å². The Hall–Kier alpha value is -3.38. The van der Waals surface area contributed by atoms with E-state index in [-0.39, 0.29) is 11.0 Å². The van der Waals surface area contributed by atoms with Crippen LogP contribution in [-0.4, -0.2) is 19.2 Å². The first-order chi connectivity index (χ1) is 16.4. The molecule has 0 radical (unpaired) electrons. The minimum Gasteiger partial charge on any atom is -0.268 e. The second kappa shape index (κ2) is 8.76. The number of hydrogen-bond acceptors (Lipinski definition) is 4. The number of aryl methyl sites for hydroxylation is 1. The van der Waals surface area contributed by atoms with E-state index in [2.05, 4.69) is 74.3 Å². The molecule has 6 heteroatoms. The molecule has 0 saturated heterocycles. The second-order valence-corrected chi connectivity index (χ2v) is 10.5. The molecule has 2 aromatic heterocycles. The number of para-hydroxylation sites is 1. The highest BCUT2D eigenvalue weighted by Crippen LogP contribution is 2.27. The molecule has 0 atom stereocenters. The van der Waals surface area contributed by atoms with E-state index in [0.717, 1.165) is 28.5 Å². The van der Waals surface area contributed by atoms with Crippen LogP contribution in [0.2, 0.25) is 0 Å². The predicted molar refractivity (Wildman–Crippen MR) is 140 cm³/mol. The molecular formula is C28H28N4OS. The van der Waals surface area contributed by atoms with Gasteiger partial charge in [0, 0.05) is 5.75 Å². The molecule has 0 aliphatic rings. The number of aromatic nitrogens is 4. The van der Waals surface area contributed by atoms with Crippen LogP contribution in [0, 0.1) is 0 Å². The van der Waals surface area contributed by atoms with Crippen molar-refractivity contribution in [2.45, 2.75) is 50.4 Å². The zero-order chi connectivity index (χ0) is 23.9. The highest BCUT2D eigenvalue weighted by atomic mass is 32.2. The molecule has 2 heterocycles. The number of thioether (sulfide) groups is 1. The van der Waals surface area contributed by atoms with Crippen LogP contribution in [0.5, 0.6) is 0 Å². The molecule has 0 aliphatic carbocycles. The maximum absolute atomic E-state index is 13.5. The van der Waals surface area contributed by atoms with E-state index in [1.165, 1.54) is 16.7 Å². The lowest BCUT2D eigenvalue weighted by atomic mass is 9.87. The van der Waals surface area contributed by atoms with Crippen LogP contribution in [-0.2, 0) is 17.6 Å². The molecule has 34 heavy (non-hydrogen) atoms. The summed E-state index contributed by atoms with van der Waals surface area (Å²) in [5.74, 6) is 1.29. The average Bonchev–Trinajstić information content (AvgIpc) is 3.27. The van der Waals surface area contributed by atoms with Gasteiger partial charge in [-0.25, -0.2) is 4.57 Å². The van der Waals surface area contributed by atoms with Crippen molar-refractivity contribution >= 4 is 28.4 Å². The molecule has 0 bridgehead atoms. The maximum Gasteiger partial charge on any atom is 0.267 e. The molecule has 0 fully saturated rings. The Morgan fingerprint density at radius 3 is 2.21 bits per heavy atom. The van der Waals surface area contributed by atoms with Gasteiger partial charge in [-0.15, -0.1) is 10.2 Å². The highest BCUT2D eigenvalue weighted by molar-refractivity contribution is 7.98. The highest BCUT2D eigenvalue weighted by Gasteiger charge is 2.18. The lowest BCUT2D eigenvalue weighted by Crippen LogP contribution is -2.21. The van der Waals surface area contributed by atoms with Crippen LogP contribution in [0.4, 0.5) is 0 Å². The standard InChI is InChI=1S/C28H28N4OS/c1-5-19-12-16-22(17-13-19)31-25(33)23-8-6-7-9-24(23)32-26(31)29-30-27(32)34-18-20-10-14-21(15-11-20)28(2,3)4/h6-17H,5,18H2,1-4H3. The minimum atomic E-state index is -0.0888. The average molecular weight is 469 g/mol. The predicted octanol–water partition coefficient (Wildman–Crippen LogP) is 6.19. The van der Waals surface area contributed by atoms with Crippen molar-refractivity contribution in [2.75, 3.05) is 0 Å². The van der Waals surface area contributed by atoms with Gasteiger partial charge >= 0.3 is 0 Å². The number of nitrogens with zero attached hydrogens (tertiary/aromatic N) is 4. The molecule has 0 N–H and O–H groups in total. The molecule has 0 saturated carbocycles. The first-order valence-corrected chi connectivity index (χ1v) is 12.6. The van der Waals surface area contributed by atoms with Crippen LogP contribution < -0.4 is 5.56 Å². The van der Waals surface area contributed by atoms with Gasteiger partial charge in [0.05, 0.1) is 16.6 Å². The van der Waals surface area contributed by atoms with Crippen molar-refractivity contribution in [1.29, 1.82) is 0 Å². The summed E-state index contributed by atoms with van der Waals surface area (Å²) in [4.78, 5) is 13.5. The molecular weight excluding hydrogens is 440 g/mol. The smallest absolute Gasteiger partial charge is 0.267 e. The van der Waals surface area contributed by atoms with Crippen molar-refractivity contribution < 1.29 is 0 Å². The first kappa shape index (κ1) is 22.4. The molecule has 5 rings (SSSR count). The zero-order valence-electron chi connectivity index (χ0n) is 19.9. The fourth-order valence-electron chi connectivity index (χ4n) is 4.13. The molecule has 5 nitrogen and oxygen atoms in total. The second-order valence-electron chi connectivity index (χ2n) is 9.53. The fraction of sp³-hybridized carbons (Fsp3) is 0.250. The van der Waals surface area contributed by atoms with Gasteiger partial charge < -0.3 is 0 Å². The van der Waals surface area contributed by atoms with E-state index in [1.807, 2.05) is 40.8 Å². The lowest BCUT2D eigenvalue weighted by Gasteiger charge is -2.19. The molecule has 172 valence electrons. The quantitative estimate of drug-likeness (QED) is 0.289. The van der Waals surface area contributed by atoms with E-state index in [9.17, 15) is 4.79 Å². The number of hydrogen-bond donors (Lipinski definition) is 0. The van der Waals surface area contributed by atoms with E-state index < -0.39 is 0 Å². The van der Waals surface area contributed by atoms with Crippen molar-refractivity contribution in [3.8, 4) is 5.69 Å². The Kier molecular flexibility index (Phi) is 5.78. The maximum atomic E-state index is 13.5. The lowest BCUT2D eigenvalue weighted by molar-refractivity contribution is 0.590. The normalized spacial score (nSPS) is 12.0. The Labute approximate surface area is 203 Å². The summed E-state index contributed by atoms with van der Waals surface area (Å²) in [6.07, 6.45) is 0.949. The third kappa shape index (κ3) is 4.03. The zero-order valence-corrected chi connectivity index (χ0v) is 20.8. The van der Waals surface area contributed by atoms with Gasteiger partial charge in [0.2, 0.25) is 5.78 Å². The SMILES string of the molecule is CCc1ccc(-n2c(=O)c3ccccc3n3c(SCc4ccc(C(C)(C)C)cc4)nnc23)cc1. The molecule has 3 aromatic carbocycles. The molecule has 5 aromatic rings. The molecule has 0 aliphatic heterocycles. The third-order valence-electron chi connectivity index (χ3n) is 6.19. The summed E-state index contributed by atoms with van der Waals surface area (Å²) >= 11 is 1.63. The first-order valence-electron chi connectivity index (χ1n) is 11.6. The van der Waals surface area contributed by atoms with Crippen molar-refractivity contribution in [2.24, 2.45) is 0 Å². The van der Waals surface area contributed by atoms with Gasteiger partial charge in [-0.3, -0.25) is 9.20 Å². The Balaban J connectivity index is 1.59. The van der Waals surface area contributed by atoms with Crippen molar-refractivity contribution in [3.63, 3.8) is 0 Å². The van der Waals surface area contributed by atoms with Gasteiger partial charge in [-0.05, 0) is 52.8 Å². The molecule has 0 spiro atoms. The monoisotopic (exact) mass is 468 g/mol.